The number of para-hydroxylation sites is 1. The van der Waals surface area contributed by atoms with Gasteiger partial charge in [-0.3, -0.25) is 10.4 Å². The van der Waals surface area contributed by atoms with Crippen molar-refractivity contribution in [3.05, 3.63) is 102 Å². The second-order valence-electron chi connectivity index (χ2n) is 8.65. The van der Waals surface area contributed by atoms with Gasteiger partial charge in [0.2, 0.25) is 5.90 Å². The van der Waals surface area contributed by atoms with E-state index >= 15 is 0 Å². The summed E-state index contributed by atoms with van der Waals surface area (Å²) in [6.45, 7) is 6.55. The van der Waals surface area contributed by atoms with Gasteiger partial charge >= 0.3 is 0 Å². The number of rotatable bonds is 4. The third-order valence-electron chi connectivity index (χ3n) is 6.14. The molecule has 1 aromatic heterocycles. The zero-order chi connectivity index (χ0) is 26.5. The number of morpholine rings is 1. The van der Waals surface area contributed by atoms with Crippen molar-refractivity contribution in [2.75, 3.05) is 36.5 Å². The van der Waals surface area contributed by atoms with Crippen LogP contribution in [0.3, 0.4) is 0 Å². The van der Waals surface area contributed by atoms with Crippen LogP contribution in [0.1, 0.15) is 22.4 Å². The zero-order valence-corrected chi connectivity index (χ0v) is 20.7. The van der Waals surface area contributed by atoms with E-state index in [-0.39, 0.29) is 11.9 Å². The molecule has 5 rings (SSSR count). The fourth-order valence-electron chi connectivity index (χ4n) is 4.29. The molecule has 0 spiro atoms. The summed E-state index contributed by atoms with van der Waals surface area (Å²) in [4.78, 5) is 15.8. The van der Waals surface area contributed by atoms with Crippen molar-refractivity contribution >= 4 is 29.0 Å². The first-order valence-electron chi connectivity index (χ1n) is 12.1. The monoisotopic (exact) mass is 505 g/mol. The van der Waals surface area contributed by atoms with Gasteiger partial charge in [0.05, 0.1) is 30.3 Å². The van der Waals surface area contributed by atoms with Crippen LogP contribution in [0.15, 0.2) is 89.1 Å². The van der Waals surface area contributed by atoms with E-state index in [0.29, 0.717) is 48.9 Å². The van der Waals surface area contributed by atoms with Gasteiger partial charge in [0.25, 0.3) is 6.02 Å². The van der Waals surface area contributed by atoms with Gasteiger partial charge in [-0.25, -0.2) is 9.98 Å². The Balaban J connectivity index is 1.44. The minimum absolute atomic E-state index is 0.235. The van der Waals surface area contributed by atoms with Crippen molar-refractivity contribution in [3.8, 4) is 12.3 Å². The lowest BCUT2D eigenvalue weighted by Gasteiger charge is -2.30. The number of ether oxygens (including phenoxy) is 2. The largest absolute Gasteiger partial charge is 0.405 e. The number of nitrogens with one attached hydrogen (secondary N) is 2. The van der Waals surface area contributed by atoms with E-state index in [9.17, 15) is 0 Å². The summed E-state index contributed by atoms with van der Waals surface area (Å²) in [5.41, 5.74) is 11.7. The second-order valence-corrected chi connectivity index (χ2v) is 8.65. The molecule has 1 fully saturated rings. The number of anilines is 2. The molecule has 1 saturated heterocycles. The van der Waals surface area contributed by atoms with Crippen molar-refractivity contribution in [1.29, 1.82) is 5.41 Å². The molecule has 9 heteroatoms. The normalized spacial score (nSPS) is 17.4. The van der Waals surface area contributed by atoms with E-state index in [1.807, 2.05) is 60.7 Å². The molecule has 1 atom stereocenters. The Hall–Kier alpha value is -4.94. The third kappa shape index (κ3) is 5.26. The van der Waals surface area contributed by atoms with Crippen LogP contribution in [0.5, 0.6) is 0 Å². The molecule has 2 aromatic carbocycles. The Morgan fingerprint density at radius 2 is 1.92 bits per heavy atom. The fraction of sp³-hybridized carbons (Fsp3) is 0.172. The molecule has 1 unspecified atom stereocenters. The first kappa shape index (κ1) is 24.7. The van der Waals surface area contributed by atoms with E-state index < -0.39 is 6.17 Å². The topological polar surface area (TPSA) is 121 Å². The average Bonchev–Trinajstić information content (AvgIpc) is 3.09. The molecule has 9 nitrogen and oxygen atoms in total. The van der Waals surface area contributed by atoms with Crippen LogP contribution >= 0.6 is 0 Å². The fourth-order valence-corrected chi connectivity index (χ4v) is 4.29. The highest BCUT2D eigenvalue weighted by molar-refractivity contribution is 6.16. The smallest absolute Gasteiger partial charge is 0.291 e. The maximum Gasteiger partial charge on any atom is 0.291 e. The Kier molecular flexibility index (Phi) is 7.15. The average molecular weight is 506 g/mol. The SMILES string of the molecule is C#Cc1cnc(C(=N)OC(N)=NC2N=C(c3ccccc3)c3ccccc3NC2=C)c(N2CCOCC2)c1. The van der Waals surface area contributed by atoms with Crippen LogP contribution in [0, 0.1) is 17.8 Å². The molecule has 0 aliphatic carbocycles. The first-order chi connectivity index (χ1) is 18.5. The van der Waals surface area contributed by atoms with Crippen molar-refractivity contribution in [2.45, 2.75) is 6.17 Å². The van der Waals surface area contributed by atoms with E-state index in [0.717, 1.165) is 22.5 Å². The summed E-state index contributed by atoms with van der Waals surface area (Å²) < 4.78 is 11.1. The Morgan fingerprint density at radius 3 is 2.68 bits per heavy atom. The molecule has 4 N–H and O–H groups in total. The summed E-state index contributed by atoms with van der Waals surface area (Å²) in [7, 11) is 0. The first-order valence-corrected chi connectivity index (χ1v) is 12.1. The second kappa shape index (κ2) is 11.0. The number of terminal acetylenes is 1. The van der Waals surface area contributed by atoms with Crippen molar-refractivity contribution in [2.24, 2.45) is 15.7 Å². The number of benzodiazepines with no additional fused rings is 1. The van der Waals surface area contributed by atoms with Gasteiger partial charge in [0.15, 0.2) is 6.17 Å². The van der Waals surface area contributed by atoms with Gasteiger partial charge in [0, 0.05) is 41.7 Å². The third-order valence-corrected chi connectivity index (χ3v) is 6.14. The Labute approximate surface area is 221 Å². The molecular formula is C29H27N7O2. The number of amidine groups is 1. The van der Waals surface area contributed by atoms with Crippen LogP contribution < -0.4 is 16.0 Å². The standard InChI is InChI=1S/C29H27N7O2/c1-3-20-17-24(36-13-15-37-16-14-36)26(32-18-20)27(30)38-29(31)35-28-19(2)33-23-12-8-7-11-22(23)25(34-28)21-9-5-4-6-10-21/h1,4-12,17-18,28,30,33H,2,13-16H2,(H2,31,35). The van der Waals surface area contributed by atoms with E-state index in [1.54, 1.807) is 0 Å². The van der Waals surface area contributed by atoms with Crippen molar-refractivity contribution in [1.82, 2.24) is 4.98 Å². The Morgan fingerprint density at radius 1 is 1.18 bits per heavy atom. The number of hydrogen-bond acceptors (Lipinski definition) is 8. The summed E-state index contributed by atoms with van der Waals surface area (Å²) >= 11 is 0. The molecule has 0 saturated carbocycles. The molecule has 38 heavy (non-hydrogen) atoms. The summed E-state index contributed by atoms with van der Waals surface area (Å²) in [6, 6.07) is 19.2. The van der Waals surface area contributed by atoms with Crippen LogP contribution in [0.2, 0.25) is 0 Å². The van der Waals surface area contributed by atoms with Crippen molar-refractivity contribution < 1.29 is 9.47 Å². The van der Waals surface area contributed by atoms with Crippen LogP contribution in [-0.2, 0) is 9.47 Å². The highest BCUT2D eigenvalue weighted by atomic mass is 16.5. The zero-order valence-electron chi connectivity index (χ0n) is 20.7. The molecule has 0 bridgehead atoms. The van der Waals surface area contributed by atoms with Crippen molar-refractivity contribution in [3.63, 3.8) is 0 Å². The van der Waals surface area contributed by atoms with E-state index in [1.165, 1.54) is 6.20 Å². The minimum Gasteiger partial charge on any atom is -0.405 e. The Bertz CT molecular complexity index is 1470. The minimum atomic E-state index is -0.791. The molecule has 3 heterocycles. The summed E-state index contributed by atoms with van der Waals surface area (Å²) in [5, 5.41) is 11.9. The predicted molar refractivity (Wildman–Crippen MR) is 150 cm³/mol. The summed E-state index contributed by atoms with van der Waals surface area (Å²) in [5.74, 6) is 2.34. The molecule has 2 aliphatic rings. The number of hydrogen-bond donors (Lipinski definition) is 3. The van der Waals surface area contributed by atoms with Gasteiger partial charge in [0.1, 0.15) is 5.69 Å². The van der Waals surface area contributed by atoms with E-state index in [2.05, 4.69) is 32.7 Å². The lowest BCUT2D eigenvalue weighted by atomic mass is 10.0. The van der Waals surface area contributed by atoms with Gasteiger partial charge in [-0.05, 0) is 12.1 Å². The molecule has 3 aromatic rings. The van der Waals surface area contributed by atoms with Gasteiger partial charge in [-0.15, -0.1) is 6.42 Å². The predicted octanol–water partition coefficient (Wildman–Crippen LogP) is 3.36. The molecule has 2 aliphatic heterocycles. The molecule has 190 valence electrons. The highest BCUT2D eigenvalue weighted by Crippen LogP contribution is 2.27. The van der Waals surface area contributed by atoms with Crippen LogP contribution in [-0.4, -0.2) is 55.1 Å². The van der Waals surface area contributed by atoms with Crippen LogP contribution in [0.25, 0.3) is 0 Å². The maximum absolute atomic E-state index is 8.61. The van der Waals surface area contributed by atoms with Crippen LogP contribution in [0.4, 0.5) is 11.4 Å². The number of nitrogens with two attached hydrogens (primary N) is 1. The number of aromatic nitrogens is 1. The summed E-state index contributed by atoms with van der Waals surface area (Å²) in [6.07, 6.45) is 6.32. The number of nitrogens with zero attached hydrogens (tertiary/aromatic N) is 4. The molecule has 0 amide bonds. The molecular weight excluding hydrogens is 478 g/mol. The number of aliphatic imine (C=N–C) groups is 2. The number of pyridine rings is 1. The number of benzene rings is 2. The quantitative estimate of drug-likeness (QED) is 0.284. The van der Waals surface area contributed by atoms with Gasteiger partial charge in [-0.2, -0.15) is 0 Å². The molecule has 0 radical (unpaired) electrons. The number of fused-ring (bicyclic) bond motifs is 1. The lowest BCUT2D eigenvalue weighted by molar-refractivity contribution is 0.122. The van der Waals surface area contributed by atoms with E-state index in [4.69, 9.17) is 32.0 Å². The van der Waals surface area contributed by atoms with Gasteiger partial charge in [-0.1, -0.05) is 61.0 Å². The highest BCUT2D eigenvalue weighted by Gasteiger charge is 2.24. The van der Waals surface area contributed by atoms with Gasteiger partial charge < -0.3 is 25.4 Å². The maximum atomic E-state index is 8.61. The lowest BCUT2D eigenvalue weighted by Crippen LogP contribution is -2.37.